The van der Waals surface area contributed by atoms with Crippen molar-refractivity contribution in [2.45, 2.75) is 46.6 Å². The van der Waals surface area contributed by atoms with E-state index in [0.717, 1.165) is 16.7 Å². The van der Waals surface area contributed by atoms with Gasteiger partial charge in [-0.25, -0.2) is 4.79 Å². The van der Waals surface area contributed by atoms with Crippen LogP contribution in [0.3, 0.4) is 0 Å². The van der Waals surface area contributed by atoms with Crippen LogP contribution in [0, 0.1) is 12.8 Å². The molecule has 0 spiro atoms. The lowest BCUT2D eigenvalue weighted by molar-refractivity contribution is -0.141. The minimum atomic E-state index is -0.449. The van der Waals surface area contributed by atoms with E-state index < -0.39 is 11.9 Å². The molecule has 0 radical (unpaired) electrons. The van der Waals surface area contributed by atoms with E-state index >= 15 is 0 Å². The zero-order valence-electron chi connectivity index (χ0n) is 20.3. The topological polar surface area (TPSA) is 65.1 Å². The summed E-state index contributed by atoms with van der Waals surface area (Å²) in [5.41, 5.74) is 4.06. The Morgan fingerprint density at radius 2 is 1.64 bits per heavy atom. The number of rotatable bonds is 8. The highest BCUT2D eigenvalue weighted by molar-refractivity contribution is 5.96. The summed E-state index contributed by atoms with van der Waals surface area (Å²) >= 11 is 0. The maximum absolute atomic E-state index is 13.3. The summed E-state index contributed by atoms with van der Waals surface area (Å²) in [6.07, 6.45) is 0.158. The molecule has 0 bridgehead atoms. The van der Waals surface area contributed by atoms with Crippen molar-refractivity contribution in [1.29, 1.82) is 0 Å². The van der Waals surface area contributed by atoms with E-state index in [1.807, 2.05) is 64.1 Å². The first kappa shape index (κ1) is 24.4. The van der Waals surface area contributed by atoms with Crippen molar-refractivity contribution in [2.75, 3.05) is 20.8 Å². The third kappa shape index (κ3) is 5.75. The van der Waals surface area contributed by atoms with Gasteiger partial charge in [-0.3, -0.25) is 4.79 Å². The Bertz CT molecular complexity index is 1020. The molecule has 0 aliphatic carbocycles. The predicted octanol–water partition coefficient (Wildman–Crippen LogP) is 5.00. The minimum absolute atomic E-state index is 0.0414. The van der Waals surface area contributed by atoms with Gasteiger partial charge in [0.2, 0.25) is 5.91 Å². The van der Waals surface area contributed by atoms with Gasteiger partial charge in [0.05, 0.1) is 32.9 Å². The Morgan fingerprint density at radius 1 is 1.03 bits per heavy atom. The fourth-order valence-electron chi connectivity index (χ4n) is 3.98. The summed E-state index contributed by atoms with van der Waals surface area (Å²) in [7, 11) is 3.15. The second-order valence-electron chi connectivity index (χ2n) is 8.86. The van der Waals surface area contributed by atoms with Crippen LogP contribution in [0.2, 0.25) is 0 Å². The minimum Gasteiger partial charge on any atom is -0.497 e. The Kier molecular flexibility index (Phi) is 7.79. The van der Waals surface area contributed by atoms with Gasteiger partial charge in [-0.1, -0.05) is 43.7 Å². The number of ether oxygens (including phenoxy) is 3. The van der Waals surface area contributed by atoms with E-state index in [1.54, 1.807) is 25.2 Å². The summed E-state index contributed by atoms with van der Waals surface area (Å²) in [4.78, 5) is 28.2. The molecule has 6 nitrogen and oxygen atoms in total. The maximum atomic E-state index is 13.3. The number of aryl methyl sites for hydroxylation is 1. The van der Waals surface area contributed by atoms with E-state index in [2.05, 4.69) is 0 Å². The van der Waals surface area contributed by atoms with Crippen LogP contribution >= 0.6 is 0 Å². The third-order valence-corrected chi connectivity index (χ3v) is 5.83. The summed E-state index contributed by atoms with van der Waals surface area (Å²) in [5, 5.41) is 0. The van der Waals surface area contributed by atoms with Crippen LogP contribution in [0.15, 0.2) is 53.7 Å². The molecule has 0 fully saturated rings. The Hall–Kier alpha value is -3.28. The average Bonchev–Trinajstić information content (AvgIpc) is 2.80. The first-order valence-corrected chi connectivity index (χ1v) is 11.2. The lowest BCUT2D eigenvalue weighted by Crippen LogP contribution is -2.38. The Balaban J connectivity index is 2.05. The fraction of sp³-hybridized carbons (Fsp3) is 0.407. The third-order valence-electron chi connectivity index (χ3n) is 5.83. The number of hydrogen-bond donors (Lipinski definition) is 0. The van der Waals surface area contributed by atoms with Crippen LogP contribution in [-0.4, -0.2) is 37.6 Å². The quantitative estimate of drug-likeness (QED) is 0.529. The predicted molar refractivity (Wildman–Crippen MR) is 127 cm³/mol. The summed E-state index contributed by atoms with van der Waals surface area (Å²) < 4.78 is 16.5. The summed E-state index contributed by atoms with van der Waals surface area (Å²) in [6, 6.07) is 13.5. The molecular formula is C27H33NO5. The van der Waals surface area contributed by atoms with Gasteiger partial charge in [0.1, 0.15) is 11.5 Å². The van der Waals surface area contributed by atoms with Gasteiger partial charge in [0.25, 0.3) is 0 Å². The Morgan fingerprint density at radius 3 is 2.18 bits per heavy atom. The number of amides is 1. The molecule has 0 N–H and O–H groups in total. The Labute approximate surface area is 196 Å². The summed E-state index contributed by atoms with van der Waals surface area (Å²) in [6.45, 7) is 8.55. The normalized spacial score (nSPS) is 16.3. The molecule has 2 aromatic carbocycles. The summed E-state index contributed by atoms with van der Waals surface area (Å²) in [5.74, 6) is 0.530. The van der Waals surface area contributed by atoms with Crippen molar-refractivity contribution in [1.82, 2.24) is 4.90 Å². The molecule has 6 heteroatoms. The molecule has 1 atom stereocenters. The van der Waals surface area contributed by atoms with E-state index in [1.165, 1.54) is 0 Å². The molecule has 1 aliphatic heterocycles. The van der Waals surface area contributed by atoms with Crippen molar-refractivity contribution >= 4 is 11.9 Å². The van der Waals surface area contributed by atoms with Gasteiger partial charge >= 0.3 is 5.97 Å². The van der Waals surface area contributed by atoms with Gasteiger partial charge in [-0.2, -0.15) is 0 Å². The monoisotopic (exact) mass is 451 g/mol. The molecule has 176 valence electrons. The van der Waals surface area contributed by atoms with Crippen LogP contribution in [0.4, 0.5) is 0 Å². The first-order chi connectivity index (χ1) is 15.7. The lowest BCUT2D eigenvalue weighted by atomic mass is 9.83. The van der Waals surface area contributed by atoms with Crippen molar-refractivity contribution in [3.05, 3.63) is 70.4 Å². The number of hydrogen-bond acceptors (Lipinski definition) is 5. The molecule has 1 amide bonds. The molecule has 0 saturated carbocycles. The van der Waals surface area contributed by atoms with E-state index in [4.69, 9.17) is 14.2 Å². The van der Waals surface area contributed by atoms with E-state index in [-0.39, 0.29) is 18.2 Å². The van der Waals surface area contributed by atoms with Crippen molar-refractivity contribution in [3.63, 3.8) is 0 Å². The molecule has 1 aliphatic rings. The van der Waals surface area contributed by atoms with Crippen molar-refractivity contribution in [2.24, 2.45) is 5.92 Å². The molecule has 1 unspecified atom stereocenters. The molecule has 2 aromatic rings. The molecule has 33 heavy (non-hydrogen) atoms. The van der Waals surface area contributed by atoms with Crippen LogP contribution in [0.5, 0.6) is 11.5 Å². The molecule has 0 saturated heterocycles. The number of methoxy groups -OCH3 is 2. The van der Waals surface area contributed by atoms with Crippen LogP contribution in [0.25, 0.3) is 0 Å². The highest BCUT2D eigenvalue weighted by Gasteiger charge is 2.37. The van der Waals surface area contributed by atoms with Crippen LogP contribution in [-0.2, 0) is 20.9 Å². The molecular weight excluding hydrogens is 418 g/mol. The molecule has 3 rings (SSSR count). The second-order valence-corrected chi connectivity index (χ2v) is 8.86. The SMILES string of the molecule is COc1cc(OC)cc(C2CC(=O)N(Cc3ccc(C)cc3)C(C)=C2C(=O)OCC(C)C)c1. The number of esters is 1. The lowest BCUT2D eigenvalue weighted by Gasteiger charge is -2.35. The fourth-order valence-corrected chi connectivity index (χ4v) is 3.98. The van der Waals surface area contributed by atoms with Crippen molar-refractivity contribution in [3.8, 4) is 11.5 Å². The highest BCUT2D eigenvalue weighted by Crippen LogP contribution is 2.40. The van der Waals surface area contributed by atoms with Crippen LogP contribution in [0.1, 0.15) is 49.8 Å². The number of carbonyl (C=O) groups excluding carboxylic acids is 2. The van der Waals surface area contributed by atoms with Gasteiger partial charge in [-0.15, -0.1) is 0 Å². The average molecular weight is 452 g/mol. The second kappa shape index (κ2) is 10.6. The first-order valence-electron chi connectivity index (χ1n) is 11.2. The smallest absolute Gasteiger partial charge is 0.336 e. The van der Waals surface area contributed by atoms with Crippen LogP contribution < -0.4 is 9.47 Å². The molecule has 0 aromatic heterocycles. The number of nitrogens with zero attached hydrogens (tertiary/aromatic N) is 1. The van der Waals surface area contributed by atoms with Gasteiger partial charge in [-0.05, 0) is 43.0 Å². The molecule has 1 heterocycles. The maximum Gasteiger partial charge on any atom is 0.336 e. The zero-order valence-corrected chi connectivity index (χ0v) is 20.3. The van der Waals surface area contributed by atoms with Crippen molar-refractivity contribution < 1.29 is 23.8 Å². The standard InChI is InChI=1S/C27H33NO5/c1-17(2)16-33-27(30)26-19(4)28(15-20-9-7-18(3)8-10-20)25(29)14-24(26)21-11-22(31-5)13-23(12-21)32-6/h7-13,17,24H,14-16H2,1-6H3. The van der Waals surface area contributed by atoms with Gasteiger partial charge < -0.3 is 19.1 Å². The van der Waals surface area contributed by atoms with E-state index in [0.29, 0.717) is 35.9 Å². The highest BCUT2D eigenvalue weighted by atomic mass is 16.5. The number of allylic oxidation sites excluding steroid dienone is 1. The largest absolute Gasteiger partial charge is 0.497 e. The number of benzene rings is 2. The zero-order chi connectivity index (χ0) is 24.1. The van der Waals surface area contributed by atoms with E-state index in [9.17, 15) is 9.59 Å². The van der Waals surface area contributed by atoms with Gasteiger partial charge in [0, 0.05) is 24.1 Å². The van der Waals surface area contributed by atoms with Gasteiger partial charge in [0.15, 0.2) is 0 Å². The number of carbonyl (C=O) groups is 2.